The zero-order valence-corrected chi connectivity index (χ0v) is 16.0. The summed E-state index contributed by atoms with van der Waals surface area (Å²) in [5.74, 6) is 1.20. The van der Waals surface area contributed by atoms with Gasteiger partial charge in [-0.3, -0.25) is 4.79 Å². The Labute approximate surface area is 159 Å². The van der Waals surface area contributed by atoms with Crippen LogP contribution in [0.25, 0.3) is 11.4 Å². The van der Waals surface area contributed by atoms with Crippen LogP contribution in [0.4, 0.5) is 0 Å². The number of aryl methyl sites for hydroxylation is 1. The summed E-state index contributed by atoms with van der Waals surface area (Å²) in [6.45, 7) is 3.83. The maximum atomic E-state index is 12.2. The number of carbonyl (C=O) groups excluding carboxylic acids is 1. The van der Waals surface area contributed by atoms with Gasteiger partial charge in [-0.15, -0.1) is 0 Å². The van der Waals surface area contributed by atoms with E-state index in [4.69, 9.17) is 9.26 Å². The largest absolute Gasteiger partial charge is 0.481 e. The molecule has 3 rings (SSSR count). The Morgan fingerprint density at radius 2 is 2.04 bits per heavy atom. The quantitative estimate of drug-likeness (QED) is 0.660. The van der Waals surface area contributed by atoms with Gasteiger partial charge < -0.3 is 14.6 Å². The summed E-state index contributed by atoms with van der Waals surface area (Å²) in [7, 11) is 0. The van der Waals surface area contributed by atoms with E-state index in [1.165, 1.54) is 0 Å². The Kier molecular flexibility index (Phi) is 5.68. The molecule has 0 saturated carbocycles. The highest BCUT2D eigenvalue weighted by atomic mass is 79.9. The van der Waals surface area contributed by atoms with E-state index in [0.29, 0.717) is 17.5 Å². The highest BCUT2D eigenvalue weighted by Gasteiger charge is 2.16. The van der Waals surface area contributed by atoms with Crippen molar-refractivity contribution in [2.24, 2.45) is 0 Å². The molecule has 1 atom stereocenters. The molecule has 0 aliphatic rings. The van der Waals surface area contributed by atoms with Crippen LogP contribution >= 0.6 is 15.9 Å². The number of rotatable bonds is 6. The van der Waals surface area contributed by atoms with Gasteiger partial charge in [-0.25, -0.2) is 0 Å². The van der Waals surface area contributed by atoms with E-state index < -0.39 is 6.10 Å². The second kappa shape index (κ2) is 8.14. The van der Waals surface area contributed by atoms with Gasteiger partial charge in [0.1, 0.15) is 5.75 Å². The van der Waals surface area contributed by atoms with E-state index in [1.54, 1.807) is 19.1 Å². The molecule has 0 unspecified atom stereocenters. The number of carbonyl (C=O) groups is 1. The third kappa shape index (κ3) is 4.70. The van der Waals surface area contributed by atoms with E-state index in [9.17, 15) is 4.79 Å². The van der Waals surface area contributed by atoms with Crippen molar-refractivity contribution in [1.29, 1.82) is 0 Å². The summed E-state index contributed by atoms with van der Waals surface area (Å²) in [6, 6.07) is 15.1. The van der Waals surface area contributed by atoms with Gasteiger partial charge in [-0.2, -0.15) is 4.98 Å². The maximum absolute atomic E-state index is 12.2. The summed E-state index contributed by atoms with van der Waals surface area (Å²) in [4.78, 5) is 16.5. The van der Waals surface area contributed by atoms with E-state index in [-0.39, 0.29) is 12.5 Å². The summed E-state index contributed by atoms with van der Waals surface area (Å²) in [6.07, 6.45) is -0.643. The highest BCUT2D eigenvalue weighted by molar-refractivity contribution is 9.10. The molecule has 26 heavy (non-hydrogen) atoms. The number of halogens is 1. The van der Waals surface area contributed by atoms with E-state index in [2.05, 4.69) is 31.4 Å². The van der Waals surface area contributed by atoms with Crippen molar-refractivity contribution in [2.75, 3.05) is 0 Å². The molecule has 0 spiro atoms. The van der Waals surface area contributed by atoms with Crippen LogP contribution in [0.1, 0.15) is 18.4 Å². The average Bonchev–Trinajstić information content (AvgIpc) is 3.10. The normalized spacial score (nSPS) is 11.8. The minimum atomic E-state index is -0.643. The SMILES string of the molecule is Cc1cccc(-c2noc(CNC(=O)[C@@H](C)Oc3ccc(Br)cc3)n2)c1. The average molecular weight is 416 g/mol. The molecule has 1 aromatic heterocycles. The van der Waals surface area contributed by atoms with Gasteiger partial charge in [0.15, 0.2) is 6.10 Å². The zero-order chi connectivity index (χ0) is 18.5. The number of hydrogen-bond acceptors (Lipinski definition) is 5. The smallest absolute Gasteiger partial charge is 0.261 e. The number of benzene rings is 2. The van der Waals surface area contributed by atoms with E-state index >= 15 is 0 Å². The fourth-order valence-corrected chi connectivity index (χ4v) is 2.57. The monoisotopic (exact) mass is 415 g/mol. The van der Waals surface area contributed by atoms with Gasteiger partial charge in [-0.05, 0) is 44.2 Å². The lowest BCUT2D eigenvalue weighted by atomic mass is 10.1. The molecule has 0 saturated heterocycles. The standard InChI is InChI=1S/C19H18BrN3O3/c1-12-4-3-5-14(10-12)18-22-17(26-23-18)11-21-19(24)13(2)25-16-8-6-15(20)7-9-16/h3-10,13H,11H2,1-2H3,(H,21,24)/t13-/m1/s1. The highest BCUT2D eigenvalue weighted by Crippen LogP contribution is 2.18. The molecule has 0 bridgehead atoms. The molecular formula is C19H18BrN3O3. The molecule has 134 valence electrons. The molecule has 2 aromatic carbocycles. The summed E-state index contributed by atoms with van der Waals surface area (Å²) >= 11 is 3.36. The minimum absolute atomic E-state index is 0.145. The number of amides is 1. The van der Waals surface area contributed by atoms with E-state index in [0.717, 1.165) is 15.6 Å². The fourth-order valence-electron chi connectivity index (χ4n) is 2.31. The Balaban J connectivity index is 1.55. The fraction of sp³-hybridized carbons (Fsp3) is 0.211. The number of ether oxygens (including phenoxy) is 1. The van der Waals surface area contributed by atoms with Crippen molar-refractivity contribution in [1.82, 2.24) is 15.5 Å². The Morgan fingerprint density at radius 3 is 2.77 bits per heavy atom. The van der Waals surface area contributed by atoms with Gasteiger partial charge in [0.2, 0.25) is 11.7 Å². The van der Waals surface area contributed by atoms with Gasteiger partial charge in [0.05, 0.1) is 6.54 Å². The van der Waals surface area contributed by atoms with Gasteiger partial charge in [0.25, 0.3) is 5.91 Å². The van der Waals surface area contributed by atoms with Gasteiger partial charge >= 0.3 is 0 Å². The van der Waals surface area contributed by atoms with Gasteiger partial charge in [-0.1, -0.05) is 44.8 Å². The molecule has 0 fully saturated rings. The van der Waals surface area contributed by atoms with Crippen molar-refractivity contribution < 1.29 is 14.1 Å². The molecule has 0 radical (unpaired) electrons. The van der Waals surface area contributed by atoms with Crippen molar-refractivity contribution >= 4 is 21.8 Å². The third-order valence-corrected chi connectivity index (χ3v) is 4.18. The van der Waals surface area contributed by atoms with Crippen LogP contribution in [0.3, 0.4) is 0 Å². The third-order valence-electron chi connectivity index (χ3n) is 3.65. The maximum Gasteiger partial charge on any atom is 0.261 e. The molecule has 1 heterocycles. The Bertz CT molecular complexity index is 893. The summed E-state index contributed by atoms with van der Waals surface area (Å²) in [5.41, 5.74) is 1.99. The van der Waals surface area contributed by atoms with Crippen LogP contribution in [-0.4, -0.2) is 22.2 Å². The second-order valence-electron chi connectivity index (χ2n) is 5.81. The van der Waals surface area contributed by atoms with Crippen LogP contribution in [0.15, 0.2) is 57.5 Å². The molecule has 1 N–H and O–H groups in total. The van der Waals surface area contributed by atoms with E-state index in [1.807, 2.05) is 43.3 Å². The molecular weight excluding hydrogens is 398 g/mol. The number of aromatic nitrogens is 2. The van der Waals surface area contributed by atoms with Crippen LogP contribution in [0, 0.1) is 6.92 Å². The predicted molar refractivity (Wildman–Crippen MR) is 101 cm³/mol. The first-order valence-electron chi connectivity index (χ1n) is 8.11. The molecule has 1 amide bonds. The summed E-state index contributed by atoms with van der Waals surface area (Å²) in [5, 5.41) is 6.69. The molecule has 0 aliphatic heterocycles. The van der Waals surface area contributed by atoms with Crippen molar-refractivity contribution in [3.63, 3.8) is 0 Å². The lowest BCUT2D eigenvalue weighted by molar-refractivity contribution is -0.127. The number of nitrogens with one attached hydrogen (secondary N) is 1. The Hall–Kier alpha value is -2.67. The van der Waals surface area contributed by atoms with Crippen molar-refractivity contribution in [3.05, 3.63) is 64.5 Å². The molecule has 7 heteroatoms. The first kappa shape index (κ1) is 18.1. The van der Waals surface area contributed by atoms with Crippen LogP contribution < -0.4 is 10.1 Å². The number of nitrogens with zero attached hydrogens (tertiary/aromatic N) is 2. The lowest BCUT2D eigenvalue weighted by Crippen LogP contribution is -2.35. The lowest BCUT2D eigenvalue weighted by Gasteiger charge is -2.13. The molecule has 6 nitrogen and oxygen atoms in total. The minimum Gasteiger partial charge on any atom is -0.481 e. The van der Waals surface area contributed by atoms with Crippen LogP contribution in [0.2, 0.25) is 0 Å². The van der Waals surface area contributed by atoms with Gasteiger partial charge in [0, 0.05) is 10.0 Å². The first-order chi connectivity index (χ1) is 12.5. The van der Waals surface area contributed by atoms with Crippen molar-refractivity contribution in [2.45, 2.75) is 26.5 Å². The van der Waals surface area contributed by atoms with Crippen molar-refractivity contribution in [3.8, 4) is 17.1 Å². The first-order valence-corrected chi connectivity index (χ1v) is 8.90. The summed E-state index contributed by atoms with van der Waals surface area (Å²) < 4.78 is 11.8. The zero-order valence-electron chi connectivity index (χ0n) is 14.4. The second-order valence-corrected chi connectivity index (χ2v) is 6.73. The molecule has 3 aromatic rings. The number of hydrogen-bond donors (Lipinski definition) is 1. The van der Waals surface area contributed by atoms with Crippen LogP contribution in [-0.2, 0) is 11.3 Å². The topological polar surface area (TPSA) is 77.2 Å². The Morgan fingerprint density at radius 1 is 1.27 bits per heavy atom. The van der Waals surface area contributed by atoms with Crippen LogP contribution in [0.5, 0.6) is 5.75 Å². The predicted octanol–water partition coefficient (Wildman–Crippen LogP) is 3.89. The molecule has 0 aliphatic carbocycles.